The van der Waals surface area contributed by atoms with Gasteiger partial charge in [-0.05, 0) is 25.0 Å². The number of para-hydroxylation sites is 1. The summed E-state index contributed by atoms with van der Waals surface area (Å²) in [5.74, 6) is 0. The van der Waals surface area contributed by atoms with Crippen molar-refractivity contribution in [1.82, 2.24) is 0 Å². The Kier molecular flexibility index (Phi) is 7.52. The fourth-order valence-electron chi connectivity index (χ4n) is 5.04. The van der Waals surface area contributed by atoms with Crippen molar-refractivity contribution >= 4 is 41.2 Å². The van der Waals surface area contributed by atoms with Crippen LogP contribution in [-0.2, 0) is 9.13 Å². The minimum Gasteiger partial charge on any atom is -0.368 e. The van der Waals surface area contributed by atoms with Gasteiger partial charge in [0.25, 0.3) is 0 Å². The van der Waals surface area contributed by atoms with Gasteiger partial charge >= 0.3 is 0 Å². The molecule has 0 spiro atoms. The zero-order valence-electron chi connectivity index (χ0n) is 21.6. The summed E-state index contributed by atoms with van der Waals surface area (Å²) >= 11 is 0. The van der Waals surface area contributed by atoms with E-state index in [4.69, 9.17) is 0 Å². The van der Waals surface area contributed by atoms with E-state index in [9.17, 15) is 0 Å². The number of benzene rings is 5. The average Bonchev–Trinajstić information content (AvgIpc) is 2.98. The highest BCUT2D eigenvalue weighted by Crippen LogP contribution is 2.65. The summed E-state index contributed by atoms with van der Waals surface area (Å²) in [6.45, 7) is 4.05. The molecule has 3 nitrogen and oxygen atoms in total. The van der Waals surface area contributed by atoms with Crippen LogP contribution in [0.5, 0.6) is 0 Å². The Hall–Kier alpha value is -3.64. The third-order valence-corrected chi connectivity index (χ3v) is 14.9. The molecular formula is C33H31NO2P2. The second-order valence-corrected chi connectivity index (χ2v) is 15.6. The Morgan fingerprint density at radius 3 is 1.03 bits per heavy atom. The lowest BCUT2D eigenvalue weighted by Gasteiger charge is -2.37. The van der Waals surface area contributed by atoms with Crippen LogP contribution in [0.25, 0.3) is 0 Å². The lowest BCUT2D eigenvalue weighted by molar-refractivity contribution is 0.576. The smallest absolute Gasteiger partial charge is 0.172 e. The van der Waals surface area contributed by atoms with Gasteiger partial charge in [-0.2, -0.15) is 0 Å². The Labute approximate surface area is 225 Å². The fourth-order valence-corrected chi connectivity index (χ4v) is 13.3. The summed E-state index contributed by atoms with van der Waals surface area (Å²) < 4.78 is 31.8. The van der Waals surface area contributed by atoms with Crippen molar-refractivity contribution in [2.45, 2.75) is 19.4 Å². The summed E-state index contributed by atoms with van der Waals surface area (Å²) in [5.41, 5.74) is 1.95. The lowest BCUT2D eigenvalue weighted by atomic mass is 10.1. The number of aryl methyl sites for hydroxylation is 2. The predicted molar refractivity (Wildman–Crippen MR) is 163 cm³/mol. The van der Waals surface area contributed by atoms with Crippen molar-refractivity contribution in [3.05, 3.63) is 151 Å². The lowest BCUT2D eigenvalue weighted by Crippen LogP contribution is -2.37. The van der Waals surface area contributed by atoms with Crippen LogP contribution in [0.2, 0.25) is 0 Å². The highest BCUT2D eigenvalue weighted by Gasteiger charge is 2.50. The van der Waals surface area contributed by atoms with E-state index in [-0.39, 0.29) is 0 Å². The molecule has 0 saturated carbocycles. The van der Waals surface area contributed by atoms with Crippen molar-refractivity contribution in [3.63, 3.8) is 0 Å². The first-order chi connectivity index (χ1) is 18.5. The molecule has 0 fully saturated rings. The Bertz CT molecular complexity index is 1400. The minimum absolute atomic E-state index is 0.669. The van der Waals surface area contributed by atoms with Crippen LogP contribution in [0.1, 0.15) is 11.1 Å². The molecule has 5 rings (SSSR count). The highest BCUT2D eigenvalue weighted by atomic mass is 31.2. The molecule has 0 unspecified atom stereocenters. The van der Waals surface area contributed by atoms with Crippen LogP contribution in [0.4, 0.5) is 5.69 Å². The van der Waals surface area contributed by atoms with Gasteiger partial charge in [0, 0.05) is 26.9 Å². The standard InChI is InChI=1S/C33H31NO2P2/c1-26-16-15-17-27(2)32(26)34-33(37(35,28-18-7-3-8-19-28)29-20-9-4-10-21-29)38(36,30-22-11-5-12-23-30)31-24-13-6-14-25-31/h3-25,33-34H,1-2H3. The second-order valence-electron chi connectivity index (χ2n) is 9.44. The third kappa shape index (κ3) is 4.69. The van der Waals surface area contributed by atoms with Crippen LogP contribution in [0.3, 0.4) is 0 Å². The van der Waals surface area contributed by atoms with Gasteiger partial charge in [0.2, 0.25) is 0 Å². The quantitative estimate of drug-likeness (QED) is 0.217. The van der Waals surface area contributed by atoms with Crippen LogP contribution in [0.15, 0.2) is 140 Å². The number of hydrogen-bond acceptors (Lipinski definition) is 3. The van der Waals surface area contributed by atoms with Gasteiger partial charge in [-0.1, -0.05) is 140 Å². The molecule has 0 bridgehead atoms. The molecule has 0 aliphatic rings. The fraction of sp³-hybridized carbons (Fsp3) is 0.0909. The van der Waals surface area contributed by atoms with Crippen LogP contribution >= 0.6 is 14.3 Å². The maximum atomic E-state index is 15.9. The van der Waals surface area contributed by atoms with Crippen LogP contribution < -0.4 is 26.5 Å². The molecule has 0 radical (unpaired) electrons. The number of hydrogen-bond donors (Lipinski definition) is 1. The molecule has 1 N–H and O–H groups in total. The molecule has 0 saturated heterocycles. The normalized spacial score (nSPS) is 11.9. The second kappa shape index (κ2) is 11.0. The number of anilines is 1. The zero-order valence-corrected chi connectivity index (χ0v) is 23.4. The Morgan fingerprint density at radius 1 is 0.447 bits per heavy atom. The maximum absolute atomic E-state index is 15.9. The average molecular weight is 536 g/mol. The first kappa shape index (κ1) is 26.0. The first-order valence-electron chi connectivity index (χ1n) is 12.7. The predicted octanol–water partition coefficient (Wildman–Crippen LogP) is 7.03. The minimum atomic E-state index is -3.57. The molecule has 190 valence electrons. The molecule has 0 atom stereocenters. The van der Waals surface area contributed by atoms with Gasteiger partial charge in [-0.15, -0.1) is 0 Å². The summed E-state index contributed by atoms with van der Waals surface area (Å²) in [6.07, 6.45) is 0. The van der Waals surface area contributed by atoms with Gasteiger partial charge in [0.15, 0.2) is 14.3 Å². The van der Waals surface area contributed by atoms with E-state index in [1.165, 1.54) is 0 Å². The van der Waals surface area contributed by atoms with E-state index < -0.39 is 19.8 Å². The Balaban J connectivity index is 1.89. The van der Waals surface area contributed by atoms with Crippen LogP contribution in [0, 0.1) is 13.8 Å². The molecule has 5 heteroatoms. The van der Waals surface area contributed by atoms with Gasteiger partial charge in [0.05, 0.1) is 0 Å². The van der Waals surface area contributed by atoms with Crippen molar-refractivity contribution < 1.29 is 9.13 Å². The molecule has 5 aromatic rings. The summed E-state index contributed by atoms with van der Waals surface area (Å²) in [6, 6.07) is 44.1. The van der Waals surface area contributed by atoms with Crippen molar-refractivity contribution in [3.8, 4) is 0 Å². The van der Waals surface area contributed by atoms with Crippen molar-refractivity contribution in [2.75, 3.05) is 5.32 Å². The van der Waals surface area contributed by atoms with E-state index in [2.05, 4.69) is 5.32 Å². The van der Waals surface area contributed by atoms with Crippen molar-refractivity contribution in [1.29, 1.82) is 0 Å². The van der Waals surface area contributed by atoms with Gasteiger partial charge in [0.1, 0.15) is 5.52 Å². The van der Waals surface area contributed by atoms with E-state index >= 15 is 9.13 Å². The first-order valence-corrected chi connectivity index (χ1v) is 16.3. The van der Waals surface area contributed by atoms with E-state index in [0.717, 1.165) is 16.8 Å². The molecule has 38 heavy (non-hydrogen) atoms. The summed E-state index contributed by atoms with van der Waals surface area (Å²) in [4.78, 5) is 0. The summed E-state index contributed by atoms with van der Waals surface area (Å²) in [5, 5.41) is 6.34. The van der Waals surface area contributed by atoms with Crippen molar-refractivity contribution in [2.24, 2.45) is 0 Å². The topological polar surface area (TPSA) is 46.2 Å². The maximum Gasteiger partial charge on any atom is 0.172 e. The third-order valence-electron chi connectivity index (χ3n) is 7.00. The molecule has 0 heterocycles. The van der Waals surface area contributed by atoms with Gasteiger partial charge in [-0.3, -0.25) is 0 Å². The van der Waals surface area contributed by atoms with E-state index in [0.29, 0.717) is 21.2 Å². The molecule has 0 aromatic heterocycles. The summed E-state index contributed by atoms with van der Waals surface area (Å²) in [7, 11) is -7.13. The molecule has 0 aliphatic carbocycles. The van der Waals surface area contributed by atoms with E-state index in [1.54, 1.807) is 0 Å². The molecule has 0 amide bonds. The van der Waals surface area contributed by atoms with Gasteiger partial charge in [-0.25, -0.2) is 0 Å². The van der Waals surface area contributed by atoms with E-state index in [1.807, 2.05) is 153 Å². The number of nitrogens with one attached hydrogen (secondary N) is 1. The SMILES string of the molecule is Cc1cccc(C)c1NC(P(=O)(c1ccccc1)c1ccccc1)P(=O)(c1ccccc1)c1ccccc1. The highest BCUT2D eigenvalue weighted by molar-refractivity contribution is 7.95. The number of rotatable bonds is 8. The monoisotopic (exact) mass is 535 g/mol. The zero-order chi connectivity index (χ0) is 26.6. The van der Waals surface area contributed by atoms with Crippen LogP contribution in [-0.4, -0.2) is 5.52 Å². The molecular weight excluding hydrogens is 504 g/mol. The van der Waals surface area contributed by atoms with Gasteiger partial charge < -0.3 is 14.4 Å². The molecule has 0 aliphatic heterocycles. The Morgan fingerprint density at radius 2 is 0.737 bits per heavy atom. The molecule has 5 aromatic carbocycles. The largest absolute Gasteiger partial charge is 0.368 e.